The number of rotatable bonds is 6. The molecule has 0 aliphatic carbocycles. The molecule has 1 aliphatic rings. The number of nitrogens with zero attached hydrogens (tertiary/aromatic N) is 2. The number of hydrogen-bond donors (Lipinski definition) is 1. The molecule has 3 heterocycles. The van der Waals surface area contributed by atoms with Crippen molar-refractivity contribution in [1.82, 2.24) is 9.38 Å². The Bertz CT molecular complexity index is 951. The summed E-state index contributed by atoms with van der Waals surface area (Å²) >= 11 is 0. The van der Waals surface area contributed by atoms with E-state index in [1.54, 1.807) is 14.2 Å². The van der Waals surface area contributed by atoms with E-state index in [0.29, 0.717) is 11.5 Å². The molecule has 0 spiro atoms. The molecule has 28 heavy (non-hydrogen) atoms. The van der Waals surface area contributed by atoms with E-state index >= 15 is 0 Å². The lowest BCUT2D eigenvalue weighted by atomic mass is 10.1. The Morgan fingerprint density at radius 1 is 1.18 bits per heavy atom. The van der Waals surface area contributed by atoms with E-state index in [1.807, 2.05) is 18.2 Å². The summed E-state index contributed by atoms with van der Waals surface area (Å²) in [6.45, 7) is 3.69. The third kappa shape index (κ3) is 3.88. The molecule has 1 N–H and O–H groups in total. The average Bonchev–Trinajstić information content (AvgIpc) is 3.33. The first-order chi connectivity index (χ1) is 13.2. The van der Waals surface area contributed by atoms with Crippen molar-refractivity contribution in [2.75, 3.05) is 32.7 Å². The third-order valence-corrected chi connectivity index (χ3v) is 4.96. The van der Waals surface area contributed by atoms with Crippen LogP contribution in [0.25, 0.3) is 16.9 Å². The number of aromatic nitrogens is 2. The topological polar surface area (TPSA) is 57.0 Å². The minimum atomic E-state index is 0. The second kappa shape index (κ2) is 8.71. The fourth-order valence-electron chi connectivity index (χ4n) is 3.52. The lowest BCUT2D eigenvalue weighted by molar-refractivity contribution is -0.00000736. The standard InChI is InChI=1S/C21H25N3O3.ClH/c1-14-8-9-24-19(11-14)23-20(21(24)22-13-16-5-4-10-27-16)15-6-7-17(25-2)18(12-15)26-3;/h6-9,11-12,16,22H,4-5,10,13H2,1-3H3;1H/p-1. The average molecular weight is 403 g/mol. The highest BCUT2D eigenvalue weighted by Crippen LogP contribution is 2.35. The smallest absolute Gasteiger partial charge is 0.161 e. The van der Waals surface area contributed by atoms with E-state index in [4.69, 9.17) is 19.2 Å². The largest absolute Gasteiger partial charge is 1.00 e. The molecule has 150 valence electrons. The Morgan fingerprint density at radius 2 is 2.00 bits per heavy atom. The summed E-state index contributed by atoms with van der Waals surface area (Å²) in [6.07, 6.45) is 4.52. The summed E-state index contributed by atoms with van der Waals surface area (Å²) in [5.74, 6) is 2.36. The maximum Gasteiger partial charge on any atom is 0.161 e. The van der Waals surface area contributed by atoms with Gasteiger partial charge in [-0.1, -0.05) is 0 Å². The zero-order valence-electron chi connectivity index (χ0n) is 16.4. The van der Waals surface area contributed by atoms with Crippen LogP contribution in [0.5, 0.6) is 11.5 Å². The molecule has 0 amide bonds. The second-order valence-electron chi connectivity index (χ2n) is 6.83. The zero-order valence-corrected chi connectivity index (χ0v) is 17.1. The lowest BCUT2D eigenvalue weighted by Crippen LogP contribution is -3.00. The first-order valence-corrected chi connectivity index (χ1v) is 9.26. The fourth-order valence-corrected chi connectivity index (χ4v) is 3.52. The van der Waals surface area contributed by atoms with Crippen molar-refractivity contribution in [2.45, 2.75) is 25.9 Å². The van der Waals surface area contributed by atoms with Gasteiger partial charge >= 0.3 is 0 Å². The van der Waals surface area contributed by atoms with E-state index in [2.05, 4.69) is 35.0 Å². The normalized spacial score (nSPS) is 16.0. The molecule has 0 saturated carbocycles. The molecule has 1 saturated heterocycles. The van der Waals surface area contributed by atoms with Crippen molar-refractivity contribution in [2.24, 2.45) is 0 Å². The first kappa shape index (κ1) is 20.3. The maximum atomic E-state index is 5.77. The summed E-state index contributed by atoms with van der Waals surface area (Å²) in [6, 6.07) is 10.1. The van der Waals surface area contributed by atoms with Crippen LogP contribution in [-0.2, 0) is 4.74 Å². The molecule has 1 unspecified atom stereocenters. The van der Waals surface area contributed by atoms with Crippen LogP contribution in [0, 0.1) is 6.92 Å². The van der Waals surface area contributed by atoms with E-state index in [1.165, 1.54) is 5.56 Å². The molecular weight excluding hydrogens is 378 g/mol. The first-order valence-electron chi connectivity index (χ1n) is 9.26. The zero-order chi connectivity index (χ0) is 18.8. The van der Waals surface area contributed by atoms with Gasteiger partial charge in [-0.3, -0.25) is 4.40 Å². The predicted molar refractivity (Wildman–Crippen MR) is 106 cm³/mol. The van der Waals surface area contributed by atoms with E-state index in [-0.39, 0.29) is 18.5 Å². The van der Waals surface area contributed by atoms with Gasteiger partial charge in [-0.25, -0.2) is 4.98 Å². The molecule has 3 aromatic rings. The van der Waals surface area contributed by atoms with Crippen LogP contribution in [0.15, 0.2) is 36.5 Å². The quantitative estimate of drug-likeness (QED) is 0.664. The van der Waals surface area contributed by atoms with Gasteiger partial charge in [0.05, 0.1) is 20.3 Å². The number of imidazole rings is 1. The maximum absolute atomic E-state index is 5.77. The van der Waals surface area contributed by atoms with Gasteiger partial charge in [0, 0.05) is 24.9 Å². The van der Waals surface area contributed by atoms with Crippen molar-refractivity contribution in [3.8, 4) is 22.8 Å². The van der Waals surface area contributed by atoms with Crippen LogP contribution in [0.1, 0.15) is 18.4 Å². The molecule has 2 aromatic heterocycles. The highest BCUT2D eigenvalue weighted by molar-refractivity contribution is 5.78. The van der Waals surface area contributed by atoms with Gasteiger partial charge in [0.1, 0.15) is 17.2 Å². The summed E-state index contributed by atoms with van der Waals surface area (Å²) < 4.78 is 18.7. The van der Waals surface area contributed by atoms with Crippen molar-refractivity contribution >= 4 is 11.5 Å². The Hall–Kier alpha value is -2.44. The number of methoxy groups -OCH3 is 2. The molecule has 1 aromatic carbocycles. The number of ether oxygens (including phenoxy) is 3. The highest BCUT2D eigenvalue weighted by Gasteiger charge is 2.19. The number of fused-ring (bicyclic) bond motifs is 1. The molecule has 0 bridgehead atoms. The molecule has 1 atom stereocenters. The fraction of sp³-hybridized carbons (Fsp3) is 0.381. The summed E-state index contributed by atoms with van der Waals surface area (Å²) in [5, 5.41) is 3.57. The minimum Gasteiger partial charge on any atom is -1.00 e. The Morgan fingerprint density at radius 3 is 2.71 bits per heavy atom. The van der Waals surface area contributed by atoms with Gasteiger partial charge < -0.3 is 31.9 Å². The minimum absolute atomic E-state index is 0. The molecule has 7 heteroatoms. The van der Waals surface area contributed by atoms with Crippen LogP contribution in [0.3, 0.4) is 0 Å². The van der Waals surface area contributed by atoms with Gasteiger partial charge in [0.25, 0.3) is 0 Å². The van der Waals surface area contributed by atoms with E-state index < -0.39 is 0 Å². The van der Waals surface area contributed by atoms with Crippen LogP contribution >= 0.6 is 0 Å². The number of hydrogen-bond acceptors (Lipinski definition) is 5. The number of benzene rings is 1. The Labute approximate surface area is 171 Å². The Kier molecular flexibility index (Phi) is 6.31. The summed E-state index contributed by atoms with van der Waals surface area (Å²) in [4.78, 5) is 4.88. The van der Waals surface area contributed by atoms with Crippen LogP contribution in [0.2, 0.25) is 0 Å². The number of nitrogens with one attached hydrogen (secondary N) is 1. The molecule has 1 aliphatic heterocycles. The van der Waals surface area contributed by atoms with Gasteiger partial charge in [-0.05, 0) is 55.7 Å². The number of aryl methyl sites for hydroxylation is 1. The second-order valence-corrected chi connectivity index (χ2v) is 6.83. The number of anilines is 1. The third-order valence-electron chi connectivity index (χ3n) is 4.96. The van der Waals surface area contributed by atoms with Crippen molar-refractivity contribution in [3.05, 3.63) is 42.1 Å². The SMILES string of the molecule is COc1ccc(-c2nc3cc(C)ccn3c2NCC2CCCO2)cc1OC.[Cl-]. The van der Waals surface area contributed by atoms with Crippen molar-refractivity contribution in [1.29, 1.82) is 0 Å². The van der Waals surface area contributed by atoms with Gasteiger partial charge in [-0.15, -0.1) is 0 Å². The summed E-state index contributed by atoms with van der Waals surface area (Å²) in [5.41, 5.74) is 3.95. The molecular formula is C21H25ClN3O3-. The highest BCUT2D eigenvalue weighted by atomic mass is 35.5. The van der Waals surface area contributed by atoms with Crippen molar-refractivity contribution < 1.29 is 26.6 Å². The van der Waals surface area contributed by atoms with Gasteiger partial charge in [0.2, 0.25) is 0 Å². The monoisotopic (exact) mass is 402 g/mol. The van der Waals surface area contributed by atoms with E-state index in [9.17, 15) is 0 Å². The lowest BCUT2D eigenvalue weighted by Gasteiger charge is -2.14. The predicted octanol–water partition coefficient (Wildman–Crippen LogP) is 0.922. The summed E-state index contributed by atoms with van der Waals surface area (Å²) in [7, 11) is 3.28. The molecule has 0 radical (unpaired) electrons. The van der Waals surface area contributed by atoms with Crippen LogP contribution in [0.4, 0.5) is 5.82 Å². The van der Waals surface area contributed by atoms with Crippen molar-refractivity contribution in [3.63, 3.8) is 0 Å². The number of pyridine rings is 1. The van der Waals surface area contributed by atoms with Gasteiger partial charge in [0.15, 0.2) is 11.5 Å². The van der Waals surface area contributed by atoms with E-state index in [0.717, 1.165) is 48.7 Å². The van der Waals surface area contributed by atoms with Crippen LogP contribution < -0.4 is 27.2 Å². The van der Waals surface area contributed by atoms with Gasteiger partial charge in [-0.2, -0.15) is 0 Å². The molecule has 6 nitrogen and oxygen atoms in total. The molecule has 1 fully saturated rings. The Balaban J connectivity index is 0.00000225. The number of halogens is 1. The van der Waals surface area contributed by atoms with Crippen LogP contribution in [-0.4, -0.2) is 42.9 Å². The molecule has 4 rings (SSSR count).